The molecule has 1 amide bonds. The molecule has 0 bridgehead atoms. The zero-order chi connectivity index (χ0) is 12.2. The summed E-state index contributed by atoms with van der Waals surface area (Å²) in [5.74, 6) is 1.15. The molecule has 1 rings (SSSR count). The molecule has 0 aliphatic heterocycles. The average molecular weight is 243 g/mol. The van der Waals surface area contributed by atoms with Gasteiger partial charge < -0.3 is 11.5 Å². The second-order valence-electron chi connectivity index (χ2n) is 3.94. The first-order valence-corrected chi connectivity index (χ1v) is 6.01. The van der Waals surface area contributed by atoms with Crippen molar-refractivity contribution in [3.05, 3.63) is 5.82 Å². The SMILES string of the molecule is Cc1nc(SCCCC(C)(N)C(N)=O)n[nH]1. The molecule has 0 radical (unpaired) electrons. The fourth-order valence-corrected chi connectivity index (χ4v) is 1.90. The lowest BCUT2D eigenvalue weighted by molar-refractivity contribution is -0.122. The summed E-state index contributed by atoms with van der Waals surface area (Å²) in [5, 5.41) is 7.47. The number of aromatic amines is 1. The van der Waals surface area contributed by atoms with Crippen molar-refractivity contribution in [1.82, 2.24) is 15.2 Å². The first-order chi connectivity index (χ1) is 7.42. The number of nitrogens with zero attached hydrogens (tertiary/aromatic N) is 2. The van der Waals surface area contributed by atoms with Crippen molar-refractivity contribution in [2.75, 3.05) is 5.75 Å². The molecule has 1 atom stereocenters. The van der Waals surface area contributed by atoms with Gasteiger partial charge in [0.25, 0.3) is 0 Å². The predicted octanol–water partition coefficient (Wildman–Crippen LogP) is 0.188. The highest BCUT2D eigenvalue weighted by Gasteiger charge is 2.24. The highest BCUT2D eigenvalue weighted by Crippen LogP contribution is 2.16. The average Bonchev–Trinajstić information content (AvgIpc) is 2.59. The van der Waals surface area contributed by atoms with Crippen molar-refractivity contribution >= 4 is 17.7 Å². The molecule has 0 aliphatic rings. The van der Waals surface area contributed by atoms with Gasteiger partial charge in [0.1, 0.15) is 5.82 Å². The lowest BCUT2D eigenvalue weighted by Gasteiger charge is -2.19. The molecular weight excluding hydrogens is 226 g/mol. The minimum Gasteiger partial charge on any atom is -0.368 e. The van der Waals surface area contributed by atoms with Gasteiger partial charge in [-0.3, -0.25) is 9.89 Å². The molecule has 5 N–H and O–H groups in total. The first-order valence-electron chi connectivity index (χ1n) is 5.02. The maximum absolute atomic E-state index is 10.9. The smallest absolute Gasteiger partial charge is 0.237 e. The number of nitrogens with two attached hydrogens (primary N) is 2. The third-order valence-corrected chi connectivity index (χ3v) is 3.14. The third kappa shape index (κ3) is 3.82. The number of hydrogen-bond acceptors (Lipinski definition) is 5. The van der Waals surface area contributed by atoms with Crippen LogP contribution in [0.25, 0.3) is 0 Å². The van der Waals surface area contributed by atoms with Crippen LogP contribution in [0.1, 0.15) is 25.6 Å². The molecule has 16 heavy (non-hydrogen) atoms. The van der Waals surface area contributed by atoms with Crippen LogP contribution in [0.2, 0.25) is 0 Å². The van der Waals surface area contributed by atoms with E-state index in [1.807, 2.05) is 6.92 Å². The van der Waals surface area contributed by atoms with Gasteiger partial charge in [-0.25, -0.2) is 4.98 Å². The van der Waals surface area contributed by atoms with Crippen LogP contribution in [0.15, 0.2) is 5.16 Å². The minimum absolute atomic E-state index is 0.466. The number of aryl methyl sites for hydroxylation is 1. The van der Waals surface area contributed by atoms with E-state index in [2.05, 4.69) is 15.2 Å². The Morgan fingerprint density at radius 2 is 2.31 bits per heavy atom. The number of carbonyl (C=O) groups excluding carboxylic acids is 1. The number of H-pyrrole nitrogens is 1. The van der Waals surface area contributed by atoms with Crippen molar-refractivity contribution in [3.63, 3.8) is 0 Å². The second-order valence-corrected chi connectivity index (χ2v) is 5.00. The van der Waals surface area contributed by atoms with E-state index in [0.29, 0.717) is 6.42 Å². The Morgan fingerprint density at radius 3 is 2.81 bits per heavy atom. The van der Waals surface area contributed by atoms with E-state index in [9.17, 15) is 4.79 Å². The number of hydrogen-bond donors (Lipinski definition) is 3. The van der Waals surface area contributed by atoms with Crippen molar-refractivity contribution in [2.45, 2.75) is 37.4 Å². The number of thioether (sulfide) groups is 1. The van der Waals surface area contributed by atoms with Crippen molar-refractivity contribution in [2.24, 2.45) is 11.5 Å². The normalized spacial score (nSPS) is 14.7. The molecule has 1 unspecified atom stereocenters. The van der Waals surface area contributed by atoms with E-state index >= 15 is 0 Å². The number of nitrogens with one attached hydrogen (secondary N) is 1. The second kappa shape index (κ2) is 5.31. The molecule has 90 valence electrons. The highest BCUT2D eigenvalue weighted by molar-refractivity contribution is 7.99. The maximum atomic E-state index is 10.9. The van der Waals surface area contributed by atoms with Gasteiger partial charge in [-0.2, -0.15) is 0 Å². The zero-order valence-electron chi connectivity index (χ0n) is 9.49. The van der Waals surface area contributed by atoms with Crippen LogP contribution in [0.3, 0.4) is 0 Å². The van der Waals surface area contributed by atoms with E-state index in [1.54, 1.807) is 6.92 Å². The molecule has 0 aliphatic carbocycles. The molecule has 0 spiro atoms. The first kappa shape index (κ1) is 13.0. The van der Waals surface area contributed by atoms with Crippen molar-refractivity contribution < 1.29 is 4.79 Å². The summed E-state index contributed by atoms with van der Waals surface area (Å²) in [5.41, 5.74) is 9.97. The van der Waals surface area contributed by atoms with Crippen molar-refractivity contribution in [3.8, 4) is 0 Å². The van der Waals surface area contributed by atoms with E-state index in [4.69, 9.17) is 11.5 Å². The number of rotatable bonds is 6. The molecule has 1 aromatic rings. The maximum Gasteiger partial charge on any atom is 0.237 e. The van der Waals surface area contributed by atoms with Gasteiger partial charge in [0.05, 0.1) is 5.54 Å². The Kier molecular flexibility index (Phi) is 4.31. The summed E-state index contributed by atoms with van der Waals surface area (Å²) >= 11 is 1.53. The summed E-state index contributed by atoms with van der Waals surface area (Å²) < 4.78 is 0. The minimum atomic E-state index is -0.921. The summed E-state index contributed by atoms with van der Waals surface area (Å²) in [7, 11) is 0. The van der Waals surface area contributed by atoms with Crippen LogP contribution in [0.5, 0.6) is 0 Å². The summed E-state index contributed by atoms with van der Waals surface area (Å²) in [6, 6.07) is 0. The monoisotopic (exact) mass is 243 g/mol. The Labute approximate surface area is 98.6 Å². The van der Waals surface area contributed by atoms with Crippen LogP contribution in [0.4, 0.5) is 0 Å². The van der Waals surface area contributed by atoms with E-state index in [0.717, 1.165) is 23.2 Å². The Balaban J connectivity index is 2.24. The van der Waals surface area contributed by atoms with Gasteiger partial charge in [0, 0.05) is 5.75 Å². The van der Waals surface area contributed by atoms with Gasteiger partial charge >= 0.3 is 0 Å². The molecule has 7 heteroatoms. The third-order valence-electron chi connectivity index (χ3n) is 2.21. The Hall–Kier alpha value is -1.08. The number of aromatic nitrogens is 3. The molecule has 6 nitrogen and oxygen atoms in total. The fourth-order valence-electron chi connectivity index (χ4n) is 1.11. The molecule has 0 fully saturated rings. The van der Waals surface area contributed by atoms with E-state index in [-0.39, 0.29) is 0 Å². The lowest BCUT2D eigenvalue weighted by Crippen LogP contribution is -2.49. The molecular formula is C9H17N5OS. The molecule has 0 aromatic carbocycles. The van der Waals surface area contributed by atoms with Crippen LogP contribution in [0, 0.1) is 6.92 Å². The van der Waals surface area contributed by atoms with Crippen LogP contribution >= 0.6 is 11.8 Å². The molecule has 0 saturated heterocycles. The van der Waals surface area contributed by atoms with Gasteiger partial charge in [-0.05, 0) is 26.7 Å². The highest BCUT2D eigenvalue weighted by atomic mass is 32.2. The van der Waals surface area contributed by atoms with E-state index in [1.165, 1.54) is 11.8 Å². The van der Waals surface area contributed by atoms with Gasteiger partial charge in [-0.15, -0.1) is 5.10 Å². The number of carbonyl (C=O) groups is 1. The van der Waals surface area contributed by atoms with Crippen LogP contribution in [-0.4, -0.2) is 32.4 Å². The van der Waals surface area contributed by atoms with Crippen LogP contribution < -0.4 is 11.5 Å². The number of amides is 1. The zero-order valence-corrected chi connectivity index (χ0v) is 10.3. The lowest BCUT2D eigenvalue weighted by atomic mass is 9.97. The topological polar surface area (TPSA) is 111 Å². The van der Waals surface area contributed by atoms with Gasteiger partial charge in [0.15, 0.2) is 0 Å². The molecule has 1 heterocycles. The van der Waals surface area contributed by atoms with Gasteiger partial charge in [0.2, 0.25) is 11.1 Å². The van der Waals surface area contributed by atoms with Crippen molar-refractivity contribution in [1.29, 1.82) is 0 Å². The Bertz CT molecular complexity index is 363. The van der Waals surface area contributed by atoms with Crippen LogP contribution in [-0.2, 0) is 4.79 Å². The van der Waals surface area contributed by atoms with Gasteiger partial charge in [-0.1, -0.05) is 11.8 Å². The standard InChI is InChI=1S/C9H17N5OS/c1-6-12-8(14-13-6)16-5-3-4-9(2,11)7(10)15/h3-5,11H2,1-2H3,(H2,10,15)(H,12,13,14). The summed E-state index contributed by atoms with van der Waals surface area (Å²) in [6.45, 7) is 3.50. The largest absolute Gasteiger partial charge is 0.368 e. The Morgan fingerprint density at radius 1 is 1.62 bits per heavy atom. The predicted molar refractivity (Wildman–Crippen MR) is 62.9 cm³/mol. The molecule has 1 aromatic heterocycles. The number of primary amides is 1. The van der Waals surface area contributed by atoms with E-state index < -0.39 is 11.4 Å². The molecule has 0 saturated carbocycles. The quantitative estimate of drug-likeness (QED) is 0.488. The fraction of sp³-hybridized carbons (Fsp3) is 0.667. The summed E-state index contributed by atoms with van der Waals surface area (Å²) in [6.07, 6.45) is 1.37. The summed E-state index contributed by atoms with van der Waals surface area (Å²) in [4.78, 5) is 15.1.